The van der Waals surface area contributed by atoms with Crippen LogP contribution in [-0.2, 0) is 95.7 Å². The largest absolute Gasteiger partial charge is 0.371 e. The van der Waals surface area contributed by atoms with Crippen LogP contribution in [-0.4, -0.2) is 61.2 Å². The average Bonchev–Trinajstić information content (AvgIpc) is 3.53. The molecule has 80 heavy (non-hydrogen) atoms. The van der Waals surface area contributed by atoms with Gasteiger partial charge in [0.15, 0.2) is 0 Å². The molecule has 0 spiro atoms. The molecule has 418 valence electrons. The number of nitrogens with one attached hydrogen (secondary N) is 1. The van der Waals surface area contributed by atoms with Crippen molar-refractivity contribution < 1.29 is 42.9 Å². The Morgan fingerprint density at radius 3 is 0.912 bits per heavy atom. The number of amides is 1. The first kappa shape index (κ1) is 60.5. The van der Waals surface area contributed by atoms with Crippen molar-refractivity contribution in [2.45, 2.75) is 116 Å². The molecule has 0 bridgehead atoms. The van der Waals surface area contributed by atoms with Gasteiger partial charge in [-0.3, -0.25) is 14.5 Å². The fourth-order valence-electron chi connectivity index (χ4n) is 8.85. The van der Waals surface area contributed by atoms with Gasteiger partial charge in [-0.25, -0.2) is 5.06 Å². The molecule has 0 unspecified atom stereocenters. The van der Waals surface area contributed by atoms with Gasteiger partial charge >= 0.3 is 0 Å². The van der Waals surface area contributed by atoms with E-state index >= 15 is 0 Å². The second-order valence-corrected chi connectivity index (χ2v) is 19.3. The Hall–Kier alpha value is -7.13. The normalized spacial score (nSPS) is 13.4. The van der Waals surface area contributed by atoms with Crippen molar-refractivity contribution in [3.63, 3.8) is 0 Å². The fraction of sp³-hybridized carbons (Fsp3) is 0.290. The third-order valence-corrected chi connectivity index (χ3v) is 13.3. The highest BCUT2D eigenvalue weighted by molar-refractivity contribution is 5.45. The molecule has 0 heterocycles. The number of hydrogen-bond acceptors (Lipinski definition) is 10. The maximum absolute atomic E-state index is 12.2. The van der Waals surface area contributed by atoms with Crippen LogP contribution in [0.25, 0.3) is 0 Å². The van der Waals surface area contributed by atoms with Crippen molar-refractivity contribution in [3.8, 4) is 0 Å². The lowest BCUT2D eigenvalue weighted by Gasteiger charge is -2.35. The van der Waals surface area contributed by atoms with Crippen LogP contribution in [0, 0.1) is 0 Å². The number of carbonyl (C=O) groups excluding carboxylic acids is 1. The number of carbonyl (C=O) groups is 1. The molecular formula is C69H78N2O9. The summed E-state index contributed by atoms with van der Waals surface area (Å²) < 4.78 is 39.1. The van der Waals surface area contributed by atoms with Gasteiger partial charge in [0.2, 0.25) is 6.41 Å². The van der Waals surface area contributed by atoms with Gasteiger partial charge in [-0.15, -0.1) is 0 Å². The first-order chi connectivity index (χ1) is 39.6. The summed E-state index contributed by atoms with van der Waals surface area (Å²) in [5.74, 6) is 0. The second-order valence-electron chi connectivity index (χ2n) is 19.3. The summed E-state index contributed by atoms with van der Waals surface area (Å²) in [6.07, 6.45) is 0.0676. The number of ether oxygens (including phenoxy) is 6. The van der Waals surface area contributed by atoms with E-state index in [1.807, 2.05) is 206 Å². The summed E-state index contributed by atoms with van der Waals surface area (Å²) in [6, 6.07) is 80.6. The molecule has 0 saturated heterocycles. The van der Waals surface area contributed by atoms with Crippen molar-refractivity contribution in [2.24, 2.45) is 0 Å². The molecular weight excluding hydrogens is 1000 g/mol. The van der Waals surface area contributed by atoms with Crippen molar-refractivity contribution in [3.05, 3.63) is 287 Å². The van der Waals surface area contributed by atoms with Crippen LogP contribution >= 0.6 is 0 Å². The molecule has 0 radical (unpaired) electrons. The summed E-state index contributed by atoms with van der Waals surface area (Å²) >= 11 is 0. The van der Waals surface area contributed by atoms with Crippen molar-refractivity contribution >= 4 is 6.41 Å². The van der Waals surface area contributed by atoms with E-state index in [4.69, 9.17) is 38.1 Å². The average molecular weight is 1080 g/mol. The minimum Gasteiger partial charge on any atom is -0.371 e. The van der Waals surface area contributed by atoms with E-state index < -0.39 is 12.2 Å². The third-order valence-electron chi connectivity index (χ3n) is 13.3. The highest BCUT2D eigenvalue weighted by Gasteiger charge is 2.34. The Labute approximate surface area is 474 Å². The number of benzene rings is 8. The Morgan fingerprint density at radius 2 is 0.600 bits per heavy atom. The van der Waals surface area contributed by atoms with Gasteiger partial charge in [-0.1, -0.05) is 257 Å². The van der Waals surface area contributed by atoms with Crippen LogP contribution in [0.1, 0.15) is 71.2 Å². The summed E-state index contributed by atoms with van der Waals surface area (Å²) in [5, 5.41) is 1.30. The summed E-state index contributed by atoms with van der Waals surface area (Å²) in [4.78, 5) is 23.9. The standard InChI is InChI=1S/C35H39NO5.C34H39NO4/c1-2-33(38-24-29-15-7-3-8-16-29)35(40-26-31-19-11-5-12-20-31)34(39-25-30-17-9-4-10-18-30)23-36(28-37)41-27-32-21-13-6-14-22-32;1-2-32(36-24-28-15-7-3-8-16-28)34(38-26-30-19-11-5-12-20-30)33(37-25-29-17-9-4-10-18-29)23-35-39-27-31-21-13-6-14-22-31/h3-22,28,33-35H,2,23-27H2,1H3;3-22,32-35H,2,23-27H2,1H3/t33-,34-,35-;32-,33-,34-/m11/s1. The van der Waals surface area contributed by atoms with Gasteiger partial charge in [-0.2, -0.15) is 5.48 Å². The van der Waals surface area contributed by atoms with Gasteiger partial charge < -0.3 is 28.4 Å². The van der Waals surface area contributed by atoms with E-state index in [-0.39, 0.29) is 37.6 Å². The van der Waals surface area contributed by atoms with Gasteiger partial charge in [0.05, 0.1) is 71.5 Å². The predicted molar refractivity (Wildman–Crippen MR) is 314 cm³/mol. The SMILES string of the molecule is CC[C@@H](OCc1ccccc1)[C@@H](OCc1ccccc1)[C@@H](CN(C=O)OCc1ccccc1)OCc1ccccc1.CC[C@@H](OCc1ccccc1)[C@@H](OCc1ccccc1)[C@@H](CNOCc1ccccc1)OCc1ccccc1. The maximum Gasteiger partial charge on any atom is 0.233 e. The Balaban J connectivity index is 0.000000231. The molecule has 0 fully saturated rings. The van der Waals surface area contributed by atoms with Crippen LogP contribution in [0.5, 0.6) is 0 Å². The molecule has 8 aromatic carbocycles. The topological polar surface area (TPSA) is 106 Å². The van der Waals surface area contributed by atoms with Gasteiger partial charge in [-0.05, 0) is 57.3 Å². The van der Waals surface area contributed by atoms with E-state index in [1.165, 1.54) is 5.06 Å². The van der Waals surface area contributed by atoms with Crippen LogP contribution in [0.4, 0.5) is 0 Å². The van der Waals surface area contributed by atoms with Crippen LogP contribution in [0.15, 0.2) is 243 Å². The molecule has 0 aliphatic heterocycles. The minimum absolute atomic E-state index is 0.174. The lowest BCUT2D eigenvalue weighted by molar-refractivity contribution is -0.208. The first-order valence-corrected chi connectivity index (χ1v) is 27.8. The maximum atomic E-state index is 12.2. The summed E-state index contributed by atoms with van der Waals surface area (Å²) in [7, 11) is 0. The Kier molecular flexibility index (Phi) is 27.4. The monoisotopic (exact) mass is 1080 g/mol. The molecule has 1 amide bonds. The van der Waals surface area contributed by atoms with Gasteiger partial charge in [0.1, 0.15) is 31.0 Å². The van der Waals surface area contributed by atoms with E-state index in [0.717, 1.165) is 50.9 Å². The molecule has 8 aromatic rings. The molecule has 0 saturated carbocycles. The van der Waals surface area contributed by atoms with Crippen LogP contribution in [0.3, 0.4) is 0 Å². The predicted octanol–water partition coefficient (Wildman–Crippen LogP) is 13.6. The van der Waals surface area contributed by atoms with Crippen molar-refractivity contribution in [1.82, 2.24) is 10.5 Å². The van der Waals surface area contributed by atoms with Gasteiger partial charge in [0.25, 0.3) is 0 Å². The fourth-order valence-corrected chi connectivity index (χ4v) is 8.85. The van der Waals surface area contributed by atoms with E-state index in [0.29, 0.717) is 65.6 Å². The molecule has 1 N–H and O–H groups in total. The summed E-state index contributed by atoms with van der Waals surface area (Å²) in [5.41, 5.74) is 11.7. The van der Waals surface area contributed by atoms with E-state index in [1.54, 1.807) is 0 Å². The lowest BCUT2D eigenvalue weighted by atomic mass is 10.0. The molecule has 11 nitrogen and oxygen atoms in total. The van der Waals surface area contributed by atoms with Gasteiger partial charge in [0, 0.05) is 0 Å². The molecule has 0 aromatic heterocycles. The number of hydrogen-bond donors (Lipinski definition) is 1. The van der Waals surface area contributed by atoms with Crippen LogP contribution in [0.2, 0.25) is 0 Å². The number of nitrogens with zero attached hydrogens (tertiary/aromatic N) is 1. The first-order valence-electron chi connectivity index (χ1n) is 27.8. The summed E-state index contributed by atoms with van der Waals surface area (Å²) in [6.45, 7) is 8.17. The van der Waals surface area contributed by atoms with E-state index in [2.05, 4.69) is 55.7 Å². The zero-order valence-corrected chi connectivity index (χ0v) is 46.2. The van der Waals surface area contributed by atoms with E-state index in [9.17, 15) is 4.79 Å². The minimum atomic E-state index is -0.527. The second kappa shape index (κ2) is 36.2. The number of rotatable bonds is 35. The molecule has 0 aliphatic carbocycles. The zero-order valence-electron chi connectivity index (χ0n) is 46.2. The zero-order chi connectivity index (χ0) is 55.5. The molecule has 0 aliphatic rings. The Morgan fingerprint density at radius 1 is 0.338 bits per heavy atom. The smallest absolute Gasteiger partial charge is 0.233 e. The molecule has 8 rings (SSSR count). The highest BCUT2D eigenvalue weighted by Crippen LogP contribution is 2.24. The number of hydroxylamine groups is 3. The molecule has 6 atom stereocenters. The highest BCUT2D eigenvalue weighted by atomic mass is 16.7. The Bertz CT molecular complexity index is 2790. The lowest BCUT2D eigenvalue weighted by Crippen LogP contribution is -2.48. The third kappa shape index (κ3) is 22.2. The van der Waals surface area contributed by atoms with Crippen LogP contribution < -0.4 is 5.48 Å². The van der Waals surface area contributed by atoms with Crippen molar-refractivity contribution in [1.29, 1.82) is 0 Å². The molecule has 11 heteroatoms. The van der Waals surface area contributed by atoms with Crippen molar-refractivity contribution in [2.75, 3.05) is 13.1 Å². The quantitative estimate of drug-likeness (QED) is 0.0235.